The molecule has 0 unspecified atom stereocenters. The highest BCUT2D eigenvalue weighted by molar-refractivity contribution is 5.97. The molecule has 3 atom stereocenters. The Kier molecular flexibility index (Phi) is 5.57. The number of nitrogens with zero attached hydrogens (tertiary/aromatic N) is 1. The molecule has 0 aliphatic carbocycles. The van der Waals surface area contributed by atoms with Crippen LogP contribution in [0.3, 0.4) is 0 Å². The molecule has 1 aromatic carbocycles. The molecule has 29 heavy (non-hydrogen) atoms. The van der Waals surface area contributed by atoms with Gasteiger partial charge in [0.25, 0.3) is 11.8 Å². The number of amides is 2. The van der Waals surface area contributed by atoms with Gasteiger partial charge < -0.3 is 20.5 Å². The minimum absolute atomic E-state index is 0.0422. The molecule has 1 aliphatic heterocycles. The van der Waals surface area contributed by atoms with Crippen LogP contribution in [-0.4, -0.2) is 35.6 Å². The quantitative estimate of drug-likeness (QED) is 0.802. The van der Waals surface area contributed by atoms with E-state index in [1.54, 1.807) is 12.1 Å². The molecular weight excluding hydrogens is 377 g/mol. The molecule has 3 rings (SSSR count). The van der Waals surface area contributed by atoms with Gasteiger partial charge in [-0.05, 0) is 38.0 Å². The second-order valence-corrected chi connectivity index (χ2v) is 7.63. The Bertz CT molecular complexity index is 947. The minimum atomic E-state index is -0.843. The van der Waals surface area contributed by atoms with E-state index in [1.165, 1.54) is 31.5 Å². The van der Waals surface area contributed by atoms with E-state index in [-0.39, 0.29) is 23.4 Å². The molecule has 154 valence electrons. The summed E-state index contributed by atoms with van der Waals surface area (Å²) < 4.78 is 25.1. The van der Waals surface area contributed by atoms with Gasteiger partial charge in [-0.2, -0.15) is 0 Å². The van der Waals surface area contributed by atoms with Gasteiger partial charge in [0.15, 0.2) is 0 Å². The predicted octanol–water partition coefficient (Wildman–Crippen LogP) is 2.86. The normalized spacial score (nSPS) is 22.9. The second kappa shape index (κ2) is 7.79. The molecule has 0 spiro atoms. The molecule has 3 N–H and O–H groups in total. The lowest BCUT2D eigenvalue weighted by Crippen LogP contribution is -2.33. The summed E-state index contributed by atoms with van der Waals surface area (Å²) in [4.78, 5) is 28.3. The summed E-state index contributed by atoms with van der Waals surface area (Å²) in [6, 6.07) is 7.22. The van der Waals surface area contributed by atoms with Crippen LogP contribution in [0.5, 0.6) is 5.75 Å². The van der Waals surface area contributed by atoms with Crippen molar-refractivity contribution in [2.45, 2.75) is 38.4 Å². The molecule has 1 fully saturated rings. The molecule has 8 heteroatoms. The van der Waals surface area contributed by atoms with Crippen LogP contribution < -0.4 is 15.8 Å². The first kappa shape index (κ1) is 20.7. The van der Waals surface area contributed by atoms with E-state index in [2.05, 4.69) is 10.3 Å². The first-order valence-electron chi connectivity index (χ1n) is 9.22. The summed E-state index contributed by atoms with van der Waals surface area (Å²) >= 11 is 0. The van der Waals surface area contributed by atoms with E-state index in [4.69, 9.17) is 15.2 Å². The minimum Gasteiger partial charge on any atom is -0.496 e. The Labute approximate surface area is 168 Å². The Balaban J connectivity index is 1.95. The van der Waals surface area contributed by atoms with Gasteiger partial charge in [-0.1, -0.05) is 13.0 Å². The largest absolute Gasteiger partial charge is 0.496 e. The first-order chi connectivity index (χ1) is 13.6. The smallest absolute Gasteiger partial charge is 0.267 e. The maximum absolute atomic E-state index is 13.7. The van der Waals surface area contributed by atoms with E-state index >= 15 is 0 Å². The highest BCUT2D eigenvalue weighted by atomic mass is 19.1. The summed E-state index contributed by atoms with van der Waals surface area (Å²) in [5, 5.41) is 2.76. The van der Waals surface area contributed by atoms with Crippen LogP contribution in [0, 0.1) is 11.7 Å². The third-order valence-corrected chi connectivity index (χ3v) is 5.49. The Morgan fingerprint density at radius 3 is 2.66 bits per heavy atom. The monoisotopic (exact) mass is 401 g/mol. The summed E-state index contributed by atoms with van der Waals surface area (Å²) in [6.45, 7) is 5.80. The number of aromatic nitrogens is 1. The van der Waals surface area contributed by atoms with Crippen molar-refractivity contribution in [1.29, 1.82) is 0 Å². The van der Waals surface area contributed by atoms with Crippen molar-refractivity contribution < 1.29 is 23.5 Å². The lowest BCUT2D eigenvalue weighted by molar-refractivity contribution is -0.131. The van der Waals surface area contributed by atoms with Crippen molar-refractivity contribution in [1.82, 2.24) is 4.98 Å². The van der Waals surface area contributed by atoms with Crippen LogP contribution in [0.4, 0.5) is 10.1 Å². The lowest BCUT2D eigenvalue weighted by atomic mass is 9.78. The maximum atomic E-state index is 13.7. The van der Waals surface area contributed by atoms with Gasteiger partial charge in [0, 0.05) is 29.4 Å². The van der Waals surface area contributed by atoms with Gasteiger partial charge in [-0.25, -0.2) is 4.39 Å². The molecule has 1 aromatic heterocycles. The van der Waals surface area contributed by atoms with E-state index in [0.29, 0.717) is 17.0 Å². The topological polar surface area (TPSA) is 104 Å². The Hall–Kier alpha value is -3.00. The fourth-order valence-corrected chi connectivity index (χ4v) is 3.67. The van der Waals surface area contributed by atoms with Crippen molar-refractivity contribution in [2.75, 3.05) is 12.4 Å². The van der Waals surface area contributed by atoms with Gasteiger partial charge in [0.2, 0.25) is 0 Å². The number of nitrogens with two attached hydrogens (primary N) is 1. The molecule has 7 nitrogen and oxygen atoms in total. The highest BCUT2D eigenvalue weighted by Crippen LogP contribution is 2.48. The first-order valence-corrected chi connectivity index (χ1v) is 9.22. The van der Waals surface area contributed by atoms with Gasteiger partial charge >= 0.3 is 0 Å². The van der Waals surface area contributed by atoms with Crippen LogP contribution in [0.15, 0.2) is 36.5 Å². The number of carbonyl (C=O) groups is 2. The number of primary amides is 1. The Morgan fingerprint density at radius 1 is 1.28 bits per heavy atom. The average molecular weight is 401 g/mol. The molecule has 1 aliphatic rings. The SMILES string of the molecule is COc1cc(F)ccc1[C@@H]1[C@H](C(=O)Nc2ccnc(C(N)=O)c2)OC(C)(C)[C@H]1C. The molecule has 2 aromatic rings. The van der Waals surface area contributed by atoms with Crippen LogP contribution in [0.2, 0.25) is 0 Å². The molecule has 1 saturated heterocycles. The number of benzene rings is 1. The zero-order valence-electron chi connectivity index (χ0n) is 16.7. The summed E-state index contributed by atoms with van der Waals surface area (Å²) in [6.07, 6.45) is 0.544. The van der Waals surface area contributed by atoms with E-state index in [0.717, 1.165) is 0 Å². The number of anilines is 1. The number of rotatable bonds is 5. The van der Waals surface area contributed by atoms with Gasteiger partial charge in [0.1, 0.15) is 23.4 Å². The molecule has 2 amide bonds. The maximum Gasteiger partial charge on any atom is 0.267 e. The number of carbonyl (C=O) groups excluding carboxylic acids is 2. The van der Waals surface area contributed by atoms with Crippen LogP contribution in [-0.2, 0) is 9.53 Å². The standard InChI is InChI=1S/C21H24FN3O4/c1-11-17(14-6-5-12(22)9-16(14)28-4)18(29-21(11,2)3)20(27)25-13-7-8-24-15(10-13)19(23)26/h5-11,17-18H,1-4H3,(H2,23,26)(H,24,25,27)/t11-,17+,18+/m0/s1. The number of nitrogens with one attached hydrogen (secondary N) is 1. The molecular formula is C21H24FN3O4. The Morgan fingerprint density at radius 2 is 2.00 bits per heavy atom. The molecule has 0 radical (unpaired) electrons. The number of ether oxygens (including phenoxy) is 2. The second-order valence-electron chi connectivity index (χ2n) is 7.63. The van der Waals surface area contributed by atoms with Crippen molar-refractivity contribution >= 4 is 17.5 Å². The van der Waals surface area contributed by atoms with E-state index in [9.17, 15) is 14.0 Å². The summed E-state index contributed by atoms with van der Waals surface area (Å²) in [5.74, 6) is -1.56. The van der Waals surface area contributed by atoms with Crippen LogP contribution in [0.1, 0.15) is 42.7 Å². The van der Waals surface area contributed by atoms with Gasteiger partial charge in [0.05, 0.1) is 12.7 Å². The van der Waals surface area contributed by atoms with E-state index in [1.807, 2.05) is 20.8 Å². The number of hydrogen-bond donors (Lipinski definition) is 2. The van der Waals surface area contributed by atoms with Crippen LogP contribution >= 0.6 is 0 Å². The summed E-state index contributed by atoms with van der Waals surface area (Å²) in [7, 11) is 1.46. The third kappa shape index (κ3) is 4.07. The van der Waals surface area contributed by atoms with Crippen LogP contribution in [0.25, 0.3) is 0 Å². The fraction of sp³-hybridized carbons (Fsp3) is 0.381. The van der Waals surface area contributed by atoms with Crippen molar-refractivity contribution in [3.8, 4) is 5.75 Å². The zero-order chi connectivity index (χ0) is 21.3. The highest BCUT2D eigenvalue weighted by Gasteiger charge is 2.51. The summed E-state index contributed by atoms with van der Waals surface area (Å²) in [5.41, 5.74) is 5.77. The predicted molar refractivity (Wildman–Crippen MR) is 105 cm³/mol. The zero-order valence-corrected chi connectivity index (χ0v) is 16.7. The molecule has 0 saturated carbocycles. The fourth-order valence-electron chi connectivity index (χ4n) is 3.67. The van der Waals surface area contributed by atoms with Gasteiger partial charge in [-0.3, -0.25) is 14.6 Å². The lowest BCUT2D eigenvalue weighted by Gasteiger charge is -2.25. The third-order valence-electron chi connectivity index (χ3n) is 5.49. The number of pyridine rings is 1. The number of halogens is 1. The molecule has 2 heterocycles. The number of methoxy groups -OCH3 is 1. The number of hydrogen-bond acceptors (Lipinski definition) is 5. The van der Waals surface area contributed by atoms with Crippen molar-refractivity contribution in [3.05, 3.63) is 53.6 Å². The van der Waals surface area contributed by atoms with E-state index < -0.39 is 23.4 Å². The average Bonchev–Trinajstić information content (AvgIpc) is 2.91. The van der Waals surface area contributed by atoms with Gasteiger partial charge in [-0.15, -0.1) is 0 Å². The molecule has 0 bridgehead atoms. The van der Waals surface area contributed by atoms with Crippen molar-refractivity contribution in [3.63, 3.8) is 0 Å². The van der Waals surface area contributed by atoms with Crippen molar-refractivity contribution in [2.24, 2.45) is 11.7 Å².